The molecular weight excluding hydrogens is 385 g/mol. The van der Waals surface area contributed by atoms with Crippen LogP contribution in [-0.4, -0.2) is 31.0 Å². The van der Waals surface area contributed by atoms with Crippen LogP contribution < -0.4 is 15.4 Å². The molecule has 2 N–H and O–H groups in total. The van der Waals surface area contributed by atoms with E-state index in [2.05, 4.69) is 10.6 Å². The molecule has 1 unspecified atom stereocenters. The van der Waals surface area contributed by atoms with E-state index >= 15 is 0 Å². The number of hydrogen-bond acceptors (Lipinski definition) is 3. The maximum absolute atomic E-state index is 13.0. The molecular formula is C21H23F3N2O3. The van der Waals surface area contributed by atoms with Gasteiger partial charge in [0.25, 0.3) is 5.91 Å². The molecule has 29 heavy (non-hydrogen) atoms. The molecule has 1 atom stereocenters. The first-order valence-electron chi connectivity index (χ1n) is 9.01. The standard InChI is InChI=1S/C21H23F3N2O3/c1-13-8-14(2)10-16(9-13)20(28)25-11-19(27)26-15(3)12-29-18-7-5-4-6-17(18)21(22,23)24/h4-10,15H,11-12H2,1-3H3,(H,25,28)(H,26,27). The lowest BCUT2D eigenvalue weighted by Gasteiger charge is -2.18. The zero-order chi connectivity index (χ0) is 21.6. The van der Waals surface area contributed by atoms with Gasteiger partial charge in [-0.2, -0.15) is 13.2 Å². The van der Waals surface area contributed by atoms with Crippen LogP contribution in [0.1, 0.15) is 34.0 Å². The molecule has 5 nitrogen and oxygen atoms in total. The van der Waals surface area contributed by atoms with E-state index in [1.807, 2.05) is 19.9 Å². The van der Waals surface area contributed by atoms with Crippen LogP contribution in [0.2, 0.25) is 0 Å². The Morgan fingerprint density at radius 3 is 2.31 bits per heavy atom. The van der Waals surface area contributed by atoms with Crippen molar-refractivity contribution in [1.29, 1.82) is 0 Å². The van der Waals surface area contributed by atoms with Crippen molar-refractivity contribution >= 4 is 11.8 Å². The topological polar surface area (TPSA) is 67.4 Å². The molecule has 0 heterocycles. The van der Waals surface area contributed by atoms with Crippen molar-refractivity contribution in [3.8, 4) is 5.75 Å². The van der Waals surface area contributed by atoms with Crippen LogP contribution in [0.5, 0.6) is 5.75 Å². The summed E-state index contributed by atoms with van der Waals surface area (Å²) in [6, 6.07) is 9.69. The Morgan fingerprint density at radius 1 is 1.07 bits per heavy atom. The number of rotatable bonds is 7. The maximum Gasteiger partial charge on any atom is 0.419 e. The quantitative estimate of drug-likeness (QED) is 0.735. The third-order valence-corrected chi connectivity index (χ3v) is 3.98. The summed E-state index contributed by atoms with van der Waals surface area (Å²) >= 11 is 0. The molecule has 0 aliphatic carbocycles. The van der Waals surface area contributed by atoms with Crippen LogP contribution >= 0.6 is 0 Å². The molecule has 0 spiro atoms. The number of amides is 2. The molecule has 8 heteroatoms. The SMILES string of the molecule is Cc1cc(C)cc(C(=O)NCC(=O)NC(C)COc2ccccc2C(F)(F)F)c1. The van der Waals surface area contributed by atoms with Crippen LogP contribution in [0.3, 0.4) is 0 Å². The summed E-state index contributed by atoms with van der Waals surface area (Å²) in [5.74, 6) is -1.15. The van der Waals surface area contributed by atoms with Gasteiger partial charge in [0.05, 0.1) is 18.2 Å². The highest BCUT2D eigenvalue weighted by Crippen LogP contribution is 2.35. The molecule has 0 aromatic heterocycles. The van der Waals surface area contributed by atoms with E-state index in [1.165, 1.54) is 18.2 Å². The van der Waals surface area contributed by atoms with E-state index in [9.17, 15) is 22.8 Å². The fourth-order valence-corrected chi connectivity index (χ4v) is 2.78. The van der Waals surface area contributed by atoms with E-state index in [0.717, 1.165) is 17.2 Å². The van der Waals surface area contributed by atoms with E-state index in [-0.39, 0.29) is 24.8 Å². The van der Waals surface area contributed by atoms with Gasteiger partial charge in [-0.15, -0.1) is 0 Å². The molecule has 156 valence electrons. The van der Waals surface area contributed by atoms with Gasteiger partial charge < -0.3 is 15.4 Å². The highest BCUT2D eigenvalue weighted by molar-refractivity contribution is 5.96. The fourth-order valence-electron chi connectivity index (χ4n) is 2.78. The minimum atomic E-state index is -4.53. The smallest absolute Gasteiger partial charge is 0.419 e. The number of nitrogens with one attached hydrogen (secondary N) is 2. The number of para-hydroxylation sites is 1. The minimum Gasteiger partial charge on any atom is -0.491 e. The third-order valence-electron chi connectivity index (χ3n) is 3.98. The number of carbonyl (C=O) groups excluding carboxylic acids is 2. The number of alkyl halides is 3. The maximum atomic E-state index is 13.0. The Morgan fingerprint density at radius 2 is 1.69 bits per heavy atom. The van der Waals surface area contributed by atoms with Crippen molar-refractivity contribution in [2.45, 2.75) is 33.0 Å². The molecule has 2 aromatic rings. The summed E-state index contributed by atoms with van der Waals surface area (Å²) in [4.78, 5) is 24.2. The Labute approximate surface area is 167 Å². The van der Waals surface area contributed by atoms with Crippen LogP contribution in [-0.2, 0) is 11.0 Å². The molecule has 0 fully saturated rings. The van der Waals surface area contributed by atoms with Gasteiger partial charge in [-0.1, -0.05) is 29.3 Å². The normalized spacial score (nSPS) is 12.2. The monoisotopic (exact) mass is 408 g/mol. The Kier molecular flexibility index (Phi) is 7.25. The lowest BCUT2D eigenvalue weighted by Crippen LogP contribution is -2.43. The van der Waals surface area contributed by atoms with Gasteiger partial charge in [-0.05, 0) is 45.0 Å². The van der Waals surface area contributed by atoms with Gasteiger partial charge in [0.1, 0.15) is 12.4 Å². The van der Waals surface area contributed by atoms with Gasteiger partial charge in [-0.25, -0.2) is 0 Å². The minimum absolute atomic E-state index is 0.149. The first-order chi connectivity index (χ1) is 13.6. The second-order valence-corrected chi connectivity index (χ2v) is 6.83. The highest BCUT2D eigenvalue weighted by atomic mass is 19.4. The van der Waals surface area contributed by atoms with E-state index in [0.29, 0.717) is 5.56 Å². The number of aryl methyl sites for hydroxylation is 2. The number of benzene rings is 2. The van der Waals surface area contributed by atoms with Crippen molar-refractivity contribution in [2.24, 2.45) is 0 Å². The van der Waals surface area contributed by atoms with Crippen molar-refractivity contribution < 1.29 is 27.5 Å². The highest BCUT2D eigenvalue weighted by Gasteiger charge is 2.34. The first-order valence-corrected chi connectivity index (χ1v) is 9.01. The zero-order valence-electron chi connectivity index (χ0n) is 16.4. The molecule has 0 aliphatic heterocycles. The predicted molar refractivity (Wildman–Crippen MR) is 103 cm³/mol. The number of carbonyl (C=O) groups is 2. The second kappa shape index (κ2) is 9.45. The van der Waals surface area contributed by atoms with Gasteiger partial charge in [0.15, 0.2) is 0 Å². The van der Waals surface area contributed by atoms with Gasteiger partial charge >= 0.3 is 6.18 Å². The summed E-state index contributed by atoms with van der Waals surface area (Å²) in [6.07, 6.45) is -4.53. The predicted octanol–water partition coefficient (Wildman–Crippen LogP) is 3.64. The summed E-state index contributed by atoms with van der Waals surface area (Å²) in [5.41, 5.74) is 1.45. The molecule has 0 radical (unpaired) electrons. The van der Waals surface area contributed by atoms with Crippen molar-refractivity contribution in [1.82, 2.24) is 10.6 Å². The fraction of sp³-hybridized carbons (Fsp3) is 0.333. The second-order valence-electron chi connectivity index (χ2n) is 6.83. The molecule has 0 saturated heterocycles. The molecule has 2 rings (SSSR count). The molecule has 0 aliphatic rings. The Bertz CT molecular complexity index is 861. The van der Waals surface area contributed by atoms with Crippen LogP contribution in [0, 0.1) is 13.8 Å². The van der Waals surface area contributed by atoms with Crippen molar-refractivity contribution in [3.05, 3.63) is 64.7 Å². The van der Waals surface area contributed by atoms with Gasteiger partial charge in [-0.3, -0.25) is 9.59 Å². The Hall–Kier alpha value is -3.03. The summed E-state index contributed by atoms with van der Waals surface area (Å²) in [7, 11) is 0. The van der Waals surface area contributed by atoms with Gasteiger partial charge in [0, 0.05) is 5.56 Å². The number of ether oxygens (including phenoxy) is 1. The Balaban J connectivity index is 1.83. The zero-order valence-corrected chi connectivity index (χ0v) is 16.4. The lowest BCUT2D eigenvalue weighted by molar-refractivity contribution is -0.139. The van der Waals surface area contributed by atoms with E-state index in [1.54, 1.807) is 19.1 Å². The van der Waals surface area contributed by atoms with Crippen LogP contribution in [0.4, 0.5) is 13.2 Å². The molecule has 2 aromatic carbocycles. The summed E-state index contributed by atoms with van der Waals surface area (Å²) in [5, 5.41) is 5.10. The molecule has 0 saturated carbocycles. The third kappa shape index (κ3) is 6.81. The van der Waals surface area contributed by atoms with Crippen molar-refractivity contribution in [3.63, 3.8) is 0 Å². The average molecular weight is 408 g/mol. The molecule has 0 bridgehead atoms. The van der Waals surface area contributed by atoms with E-state index in [4.69, 9.17) is 4.74 Å². The van der Waals surface area contributed by atoms with E-state index < -0.39 is 23.7 Å². The van der Waals surface area contributed by atoms with Crippen molar-refractivity contribution in [2.75, 3.05) is 13.2 Å². The number of halogens is 3. The first kappa shape index (κ1) is 22.3. The van der Waals surface area contributed by atoms with Gasteiger partial charge in [0.2, 0.25) is 5.91 Å². The van der Waals surface area contributed by atoms with Crippen LogP contribution in [0.25, 0.3) is 0 Å². The molecule has 2 amide bonds. The average Bonchev–Trinajstić information content (AvgIpc) is 2.63. The lowest BCUT2D eigenvalue weighted by atomic mass is 10.1. The number of hydrogen-bond donors (Lipinski definition) is 2. The summed E-state index contributed by atoms with van der Waals surface area (Å²) < 4.78 is 44.1. The summed E-state index contributed by atoms with van der Waals surface area (Å²) in [6.45, 7) is 4.93. The largest absolute Gasteiger partial charge is 0.491 e. The van der Waals surface area contributed by atoms with Crippen LogP contribution in [0.15, 0.2) is 42.5 Å².